The Morgan fingerprint density at radius 3 is 2.63 bits per heavy atom. The summed E-state index contributed by atoms with van der Waals surface area (Å²) in [5.74, 6) is -0.815. The summed E-state index contributed by atoms with van der Waals surface area (Å²) < 4.78 is 5.70. The predicted octanol–water partition coefficient (Wildman–Crippen LogP) is 3.41. The van der Waals surface area contributed by atoms with E-state index in [2.05, 4.69) is 10.6 Å². The third-order valence-corrected chi connectivity index (χ3v) is 7.08. The minimum atomic E-state index is -1.13. The zero-order chi connectivity index (χ0) is 27.4. The molecule has 1 saturated heterocycles. The predicted molar refractivity (Wildman–Crippen MR) is 139 cm³/mol. The fourth-order valence-electron chi connectivity index (χ4n) is 4.77. The van der Waals surface area contributed by atoms with E-state index in [9.17, 15) is 24.3 Å². The highest BCUT2D eigenvalue weighted by atomic mass is 35.5. The van der Waals surface area contributed by atoms with Crippen molar-refractivity contribution in [2.45, 2.75) is 37.3 Å². The monoisotopic (exact) mass is 544 g/mol. The number of carboxylic acid groups (broad SMARTS) is 1. The molecule has 2 aromatic rings. The Bertz CT molecular complexity index is 1240. The lowest BCUT2D eigenvalue weighted by Crippen LogP contribution is -2.49. The molecule has 0 saturated carbocycles. The fourth-order valence-corrected chi connectivity index (χ4v) is 4.94. The van der Waals surface area contributed by atoms with Gasteiger partial charge in [0.1, 0.15) is 6.04 Å². The summed E-state index contributed by atoms with van der Waals surface area (Å²) in [7, 11) is 1.39. The van der Waals surface area contributed by atoms with Crippen LogP contribution in [0.5, 0.6) is 0 Å². The molecule has 0 radical (unpaired) electrons. The topological polar surface area (TPSA) is 149 Å². The van der Waals surface area contributed by atoms with E-state index in [0.717, 1.165) is 4.90 Å². The summed E-state index contributed by atoms with van der Waals surface area (Å²) >= 11 is 6.20. The zero-order valence-corrected chi connectivity index (χ0v) is 21.5. The van der Waals surface area contributed by atoms with Crippen molar-refractivity contribution in [3.05, 3.63) is 58.6 Å². The normalized spacial score (nSPS) is 18.8. The lowest BCUT2D eigenvalue weighted by atomic mass is 9.90. The molecule has 11 nitrogen and oxygen atoms in total. The number of aliphatic hydroxyl groups excluding tert-OH is 1. The van der Waals surface area contributed by atoms with Crippen LogP contribution in [0.3, 0.4) is 0 Å². The van der Waals surface area contributed by atoms with Crippen molar-refractivity contribution in [1.29, 1.82) is 0 Å². The maximum Gasteiger partial charge on any atom is 0.412 e. The van der Waals surface area contributed by atoms with Crippen molar-refractivity contribution in [3.63, 3.8) is 0 Å². The highest BCUT2D eigenvalue weighted by molar-refractivity contribution is 6.30. The molecule has 202 valence electrons. The molecule has 2 heterocycles. The van der Waals surface area contributed by atoms with E-state index in [1.807, 2.05) is 0 Å². The van der Waals surface area contributed by atoms with Crippen molar-refractivity contribution in [3.8, 4) is 0 Å². The molecule has 2 atom stereocenters. The molecular weight excluding hydrogens is 516 g/mol. The first-order chi connectivity index (χ1) is 18.1. The number of ether oxygens (including phenoxy) is 1. The van der Waals surface area contributed by atoms with Gasteiger partial charge in [-0.25, -0.2) is 9.59 Å². The number of nitrogens with zero attached hydrogens (tertiary/aromatic N) is 2. The van der Waals surface area contributed by atoms with E-state index in [-0.39, 0.29) is 24.6 Å². The summed E-state index contributed by atoms with van der Waals surface area (Å²) in [4.78, 5) is 52.6. The SMILES string of the molecule is CN(C(=O)O)c1ccc(C(=O)N[C@@H](CCCCO)C(=O)N2CCC3(C2)OC(=O)Nc2ccc(Cl)cc23)cc1. The molecule has 4 rings (SSSR count). The maximum atomic E-state index is 13.6. The molecule has 2 aliphatic rings. The van der Waals surface area contributed by atoms with Crippen LogP contribution in [0.4, 0.5) is 21.0 Å². The second-order valence-corrected chi connectivity index (χ2v) is 9.78. The smallest absolute Gasteiger partial charge is 0.412 e. The summed E-state index contributed by atoms with van der Waals surface area (Å²) in [6.45, 7) is 0.372. The zero-order valence-electron chi connectivity index (χ0n) is 20.8. The van der Waals surface area contributed by atoms with Crippen LogP contribution in [0.2, 0.25) is 5.02 Å². The van der Waals surface area contributed by atoms with E-state index in [0.29, 0.717) is 54.2 Å². The molecule has 0 bridgehead atoms. The van der Waals surface area contributed by atoms with Gasteiger partial charge in [-0.1, -0.05) is 11.6 Å². The van der Waals surface area contributed by atoms with Crippen LogP contribution in [0.15, 0.2) is 42.5 Å². The van der Waals surface area contributed by atoms with Gasteiger partial charge >= 0.3 is 12.2 Å². The number of hydrogen-bond donors (Lipinski definition) is 4. The number of carbonyl (C=O) groups is 4. The standard InChI is InChI=1S/C26H29ClN4O7/c1-30(25(36)37)18-8-5-16(6-9-18)22(33)28-21(4-2-3-13-32)23(34)31-12-11-26(15-31)19-14-17(27)7-10-20(19)29-24(35)38-26/h5-10,14,21,32H,2-4,11-13,15H2,1H3,(H,28,33)(H,29,35)(H,36,37)/t21-,26?/m0/s1. The number of unbranched alkanes of at least 4 members (excludes halogenated alkanes) is 1. The number of aliphatic hydroxyl groups is 1. The van der Waals surface area contributed by atoms with E-state index in [1.165, 1.54) is 31.3 Å². The van der Waals surface area contributed by atoms with E-state index >= 15 is 0 Å². The third kappa shape index (κ3) is 5.68. The van der Waals surface area contributed by atoms with Gasteiger partial charge in [-0.15, -0.1) is 0 Å². The van der Waals surface area contributed by atoms with Gasteiger partial charge in [-0.05, 0) is 61.7 Å². The van der Waals surface area contributed by atoms with Crippen molar-refractivity contribution in [1.82, 2.24) is 10.2 Å². The quantitative estimate of drug-likeness (QED) is 0.372. The molecule has 0 aliphatic carbocycles. The first kappa shape index (κ1) is 27.2. The average molecular weight is 545 g/mol. The summed E-state index contributed by atoms with van der Waals surface area (Å²) in [6, 6.07) is 10.2. The van der Waals surface area contributed by atoms with Gasteiger partial charge in [0.05, 0.1) is 12.2 Å². The number of likely N-dealkylation sites (tertiary alicyclic amines) is 1. The van der Waals surface area contributed by atoms with Gasteiger partial charge in [0, 0.05) is 48.5 Å². The van der Waals surface area contributed by atoms with Crippen molar-refractivity contribution in [2.24, 2.45) is 0 Å². The number of hydrogen-bond acceptors (Lipinski definition) is 6. The molecule has 4 amide bonds. The van der Waals surface area contributed by atoms with E-state index < -0.39 is 29.7 Å². The van der Waals surface area contributed by atoms with Gasteiger partial charge in [0.2, 0.25) is 5.91 Å². The van der Waals surface area contributed by atoms with Gasteiger partial charge in [-0.2, -0.15) is 0 Å². The van der Waals surface area contributed by atoms with Crippen LogP contribution in [0.1, 0.15) is 41.6 Å². The van der Waals surface area contributed by atoms with Crippen LogP contribution in [-0.4, -0.2) is 71.9 Å². The lowest BCUT2D eigenvalue weighted by Gasteiger charge is -2.35. The number of halogens is 1. The Hall–Kier alpha value is -3.83. The Labute approximate surface area is 224 Å². The summed E-state index contributed by atoms with van der Waals surface area (Å²) in [5.41, 5.74) is 0.867. The van der Waals surface area contributed by atoms with Crippen LogP contribution < -0.4 is 15.5 Å². The number of fused-ring (bicyclic) bond motifs is 2. The molecule has 1 unspecified atom stereocenters. The molecule has 38 heavy (non-hydrogen) atoms. The Morgan fingerprint density at radius 2 is 1.95 bits per heavy atom. The Balaban J connectivity index is 1.51. The molecule has 4 N–H and O–H groups in total. The van der Waals surface area contributed by atoms with Crippen molar-refractivity contribution in [2.75, 3.05) is 37.0 Å². The number of rotatable bonds is 8. The van der Waals surface area contributed by atoms with Crippen LogP contribution in [0.25, 0.3) is 0 Å². The Kier molecular flexibility index (Phi) is 8.08. The molecular formula is C26H29ClN4O7. The van der Waals surface area contributed by atoms with Crippen molar-refractivity contribution < 1.29 is 34.1 Å². The number of nitrogens with one attached hydrogen (secondary N) is 2. The summed E-state index contributed by atoms with van der Waals surface area (Å²) in [5, 5.41) is 24.3. The van der Waals surface area contributed by atoms with Gasteiger partial charge in [0.15, 0.2) is 5.60 Å². The third-order valence-electron chi connectivity index (χ3n) is 6.85. The molecule has 1 fully saturated rings. The van der Waals surface area contributed by atoms with Crippen LogP contribution in [0, 0.1) is 0 Å². The Morgan fingerprint density at radius 1 is 1.21 bits per heavy atom. The maximum absolute atomic E-state index is 13.6. The second-order valence-electron chi connectivity index (χ2n) is 9.34. The van der Waals surface area contributed by atoms with Gasteiger partial charge in [0.25, 0.3) is 5.91 Å². The number of anilines is 2. The highest BCUT2D eigenvalue weighted by Crippen LogP contribution is 2.43. The highest BCUT2D eigenvalue weighted by Gasteiger charge is 2.49. The second kappa shape index (κ2) is 11.3. The molecule has 0 aromatic heterocycles. The largest absolute Gasteiger partial charge is 0.465 e. The fraction of sp³-hybridized carbons (Fsp3) is 0.385. The first-order valence-corrected chi connectivity index (χ1v) is 12.6. The molecule has 1 spiro atoms. The minimum absolute atomic E-state index is 0.0409. The minimum Gasteiger partial charge on any atom is -0.465 e. The van der Waals surface area contributed by atoms with Crippen LogP contribution >= 0.6 is 11.6 Å². The van der Waals surface area contributed by atoms with E-state index in [4.69, 9.17) is 21.4 Å². The van der Waals surface area contributed by atoms with Crippen molar-refractivity contribution >= 4 is 47.0 Å². The first-order valence-electron chi connectivity index (χ1n) is 12.2. The molecule has 2 aromatic carbocycles. The number of carbonyl (C=O) groups excluding carboxylic acids is 3. The van der Waals surface area contributed by atoms with E-state index in [1.54, 1.807) is 23.1 Å². The number of benzene rings is 2. The van der Waals surface area contributed by atoms with Gasteiger partial charge in [-0.3, -0.25) is 19.8 Å². The van der Waals surface area contributed by atoms with Crippen LogP contribution in [-0.2, 0) is 15.1 Å². The summed E-state index contributed by atoms with van der Waals surface area (Å²) in [6.07, 6.45) is -0.0996. The molecule has 2 aliphatic heterocycles. The van der Waals surface area contributed by atoms with Gasteiger partial charge < -0.3 is 25.2 Å². The number of amides is 4. The average Bonchev–Trinajstić information content (AvgIpc) is 3.32. The molecule has 12 heteroatoms. The lowest BCUT2D eigenvalue weighted by molar-refractivity contribution is -0.133.